The Morgan fingerprint density at radius 3 is 2.59 bits per heavy atom. The van der Waals surface area contributed by atoms with E-state index in [1.54, 1.807) is 10.9 Å². The molecular formula is C20H17F2N5O2. The number of amides is 1. The molecule has 1 saturated heterocycles. The Hall–Kier alpha value is -3.33. The number of aromatic nitrogens is 3. The molecule has 29 heavy (non-hydrogen) atoms. The molecule has 3 aromatic rings. The minimum atomic E-state index is -0.713. The smallest absolute Gasteiger partial charge is 0.255 e. The van der Waals surface area contributed by atoms with Crippen LogP contribution in [0.2, 0.25) is 0 Å². The largest absolute Gasteiger partial charge is 0.378 e. The fourth-order valence-corrected chi connectivity index (χ4v) is 3.67. The number of nitrogens with zero attached hydrogens (tertiary/aromatic N) is 4. The molecule has 0 radical (unpaired) electrons. The predicted molar refractivity (Wildman–Crippen MR) is 101 cm³/mol. The van der Waals surface area contributed by atoms with E-state index in [2.05, 4.69) is 20.3 Å². The van der Waals surface area contributed by atoms with Crippen LogP contribution in [0.3, 0.4) is 0 Å². The van der Waals surface area contributed by atoms with Gasteiger partial charge in [0.25, 0.3) is 5.91 Å². The maximum absolute atomic E-state index is 14.3. The van der Waals surface area contributed by atoms with Crippen molar-refractivity contribution in [2.24, 2.45) is 0 Å². The third-order valence-electron chi connectivity index (χ3n) is 5.09. The number of morpholine rings is 1. The number of benzene rings is 1. The van der Waals surface area contributed by atoms with Crippen molar-refractivity contribution in [2.45, 2.75) is 6.54 Å². The lowest BCUT2D eigenvalue weighted by atomic mass is 10.1. The van der Waals surface area contributed by atoms with Gasteiger partial charge in [0.1, 0.15) is 11.6 Å². The predicted octanol–water partition coefficient (Wildman–Crippen LogP) is 2.29. The summed E-state index contributed by atoms with van der Waals surface area (Å²) in [6, 6.07) is 7.01. The van der Waals surface area contributed by atoms with Crippen molar-refractivity contribution in [1.82, 2.24) is 20.1 Å². The molecule has 5 rings (SSSR count). The zero-order chi connectivity index (χ0) is 20.0. The molecule has 0 unspecified atom stereocenters. The number of halogens is 2. The molecule has 0 spiro atoms. The van der Waals surface area contributed by atoms with Crippen molar-refractivity contribution in [1.29, 1.82) is 0 Å². The van der Waals surface area contributed by atoms with Gasteiger partial charge in [-0.25, -0.2) is 18.4 Å². The monoisotopic (exact) mass is 397 g/mol. The fourth-order valence-electron chi connectivity index (χ4n) is 3.67. The summed E-state index contributed by atoms with van der Waals surface area (Å²) in [4.78, 5) is 18.8. The van der Waals surface area contributed by atoms with Gasteiger partial charge in [0.2, 0.25) is 0 Å². The van der Waals surface area contributed by atoms with E-state index in [9.17, 15) is 13.6 Å². The summed E-state index contributed by atoms with van der Waals surface area (Å²) in [5, 5.41) is 7.30. The zero-order valence-corrected chi connectivity index (χ0v) is 15.4. The average Bonchev–Trinajstić information content (AvgIpc) is 3.36. The molecule has 1 fully saturated rings. The Kier molecular flexibility index (Phi) is 4.24. The van der Waals surface area contributed by atoms with E-state index in [1.165, 1.54) is 24.3 Å². The third-order valence-corrected chi connectivity index (χ3v) is 5.09. The topological polar surface area (TPSA) is 72.3 Å². The Labute approximate surface area is 164 Å². The Morgan fingerprint density at radius 2 is 1.83 bits per heavy atom. The number of carbonyl (C=O) groups is 1. The van der Waals surface area contributed by atoms with Gasteiger partial charge < -0.3 is 15.0 Å². The number of hydrogen-bond acceptors (Lipinski definition) is 5. The molecule has 0 aliphatic carbocycles. The standard InChI is InChI=1S/C20H17F2N5O2/c21-12-2-1-3-13(22)18(12)14-10-16(19-15(24-14)11-23-20(19)28)27-5-4-17(25-27)26-6-8-29-9-7-26/h1-5,10H,6-9,11H2,(H,23,28). The van der Waals surface area contributed by atoms with E-state index in [0.29, 0.717) is 30.2 Å². The number of carbonyl (C=O) groups excluding carboxylic acids is 1. The molecule has 1 N–H and O–H groups in total. The van der Waals surface area contributed by atoms with Crippen molar-refractivity contribution in [3.05, 3.63) is 59.4 Å². The summed E-state index contributed by atoms with van der Waals surface area (Å²) in [7, 11) is 0. The first kappa shape index (κ1) is 17.7. The molecule has 0 saturated carbocycles. The molecule has 1 aromatic carbocycles. The molecule has 2 aromatic heterocycles. The maximum Gasteiger partial charge on any atom is 0.255 e. The van der Waals surface area contributed by atoms with Crippen LogP contribution < -0.4 is 10.2 Å². The second-order valence-corrected chi connectivity index (χ2v) is 6.85. The van der Waals surface area contributed by atoms with E-state index in [1.807, 2.05) is 6.07 Å². The van der Waals surface area contributed by atoms with Crippen molar-refractivity contribution in [3.63, 3.8) is 0 Å². The van der Waals surface area contributed by atoms with E-state index in [4.69, 9.17) is 4.74 Å². The van der Waals surface area contributed by atoms with Gasteiger partial charge in [-0.3, -0.25) is 4.79 Å². The Morgan fingerprint density at radius 1 is 1.07 bits per heavy atom. The van der Waals surface area contributed by atoms with Crippen LogP contribution in [-0.4, -0.2) is 47.0 Å². The van der Waals surface area contributed by atoms with Gasteiger partial charge in [-0.05, 0) is 18.2 Å². The minimum Gasteiger partial charge on any atom is -0.378 e. The molecule has 1 amide bonds. The van der Waals surface area contributed by atoms with Crippen LogP contribution in [0.4, 0.5) is 14.6 Å². The second kappa shape index (κ2) is 6.93. The molecule has 148 valence electrons. The van der Waals surface area contributed by atoms with Crippen molar-refractivity contribution >= 4 is 11.7 Å². The number of anilines is 1. The van der Waals surface area contributed by atoms with Crippen molar-refractivity contribution in [3.8, 4) is 16.9 Å². The van der Waals surface area contributed by atoms with Crippen molar-refractivity contribution < 1.29 is 18.3 Å². The summed E-state index contributed by atoms with van der Waals surface area (Å²) in [5.41, 5.74) is 1.13. The summed E-state index contributed by atoms with van der Waals surface area (Å²) >= 11 is 0. The highest BCUT2D eigenvalue weighted by Gasteiger charge is 2.28. The van der Waals surface area contributed by atoms with Gasteiger partial charge in [0, 0.05) is 25.4 Å². The van der Waals surface area contributed by atoms with Gasteiger partial charge in [-0.2, -0.15) is 5.10 Å². The summed E-state index contributed by atoms with van der Waals surface area (Å²) in [6.45, 7) is 2.88. The third kappa shape index (κ3) is 3.03. The van der Waals surface area contributed by atoms with Gasteiger partial charge in [0.05, 0.1) is 48.0 Å². The number of pyridine rings is 1. The van der Waals surface area contributed by atoms with Crippen LogP contribution in [0.25, 0.3) is 16.9 Å². The van der Waals surface area contributed by atoms with Crippen LogP contribution in [-0.2, 0) is 11.3 Å². The number of rotatable bonds is 3. The highest BCUT2D eigenvalue weighted by molar-refractivity contribution is 6.01. The highest BCUT2D eigenvalue weighted by atomic mass is 19.1. The Bertz CT molecular complexity index is 1090. The van der Waals surface area contributed by atoms with Gasteiger partial charge >= 0.3 is 0 Å². The lowest BCUT2D eigenvalue weighted by Crippen LogP contribution is -2.36. The first-order valence-corrected chi connectivity index (χ1v) is 9.27. The molecule has 2 aliphatic rings. The van der Waals surface area contributed by atoms with E-state index >= 15 is 0 Å². The van der Waals surface area contributed by atoms with Crippen LogP contribution in [0.15, 0.2) is 36.5 Å². The molecule has 7 nitrogen and oxygen atoms in total. The number of fused-ring (bicyclic) bond motifs is 1. The van der Waals surface area contributed by atoms with E-state index in [0.717, 1.165) is 18.9 Å². The molecule has 4 heterocycles. The zero-order valence-electron chi connectivity index (χ0n) is 15.4. The summed E-state index contributed by atoms with van der Waals surface area (Å²) < 4.78 is 35.6. The quantitative estimate of drug-likeness (QED) is 0.734. The lowest BCUT2D eigenvalue weighted by molar-refractivity contribution is 0.0965. The SMILES string of the molecule is O=C1NCc2nc(-c3c(F)cccc3F)cc(-n3ccc(N4CCOCC4)n3)c21. The number of nitrogens with one attached hydrogen (secondary N) is 1. The molecule has 9 heteroatoms. The lowest BCUT2D eigenvalue weighted by Gasteiger charge is -2.26. The average molecular weight is 397 g/mol. The normalized spacial score (nSPS) is 16.1. The second-order valence-electron chi connectivity index (χ2n) is 6.85. The fraction of sp³-hybridized carbons (Fsp3) is 0.250. The highest BCUT2D eigenvalue weighted by Crippen LogP contribution is 2.31. The first-order valence-electron chi connectivity index (χ1n) is 9.27. The molecule has 0 bridgehead atoms. The van der Waals surface area contributed by atoms with E-state index < -0.39 is 11.6 Å². The van der Waals surface area contributed by atoms with Crippen molar-refractivity contribution in [2.75, 3.05) is 31.2 Å². The van der Waals surface area contributed by atoms with Crippen LogP contribution in [0.5, 0.6) is 0 Å². The maximum atomic E-state index is 14.3. The van der Waals surface area contributed by atoms with Gasteiger partial charge in [0.15, 0.2) is 5.82 Å². The molecular weight excluding hydrogens is 380 g/mol. The van der Waals surface area contributed by atoms with Crippen LogP contribution in [0, 0.1) is 11.6 Å². The molecule has 0 atom stereocenters. The number of ether oxygens (including phenoxy) is 1. The van der Waals surface area contributed by atoms with Crippen LogP contribution >= 0.6 is 0 Å². The summed E-state index contributed by atoms with van der Waals surface area (Å²) in [6.07, 6.45) is 1.73. The minimum absolute atomic E-state index is 0.120. The Balaban J connectivity index is 1.64. The van der Waals surface area contributed by atoms with Crippen LogP contribution in [0.1, 0.15) is 16.1 Å². The summed E-state index contributed by atoms with van der Waals surface area (Å²) in [5.74, 6) is -0.965. The van der Waals surface area contributed by atoms with E-state index in [-0.39, 0.29) is 23.7 Å². The van der Waals surface area contributed by atoms with Gasteiger partial charge in [-0.15, -0.1) is 0 Å². The number of hydrogen-bond donors (Lipinski definition) is 1. The molecule has 2 aliphatic heterocycles. The first-order chi connectivity index (χ1) is 14.1. The van der Waals surface area contributed by atoms with Gasteiger partial charge in [-0.1, -0.05) is 6.07 Å².